The maximum absolute atomic E-state index is 5.71. The number of benzene rings is 1. The van der Waals surface area contributed by atoms with Gasteiger partial charge in [-0.3, -0.25) is 4.90 Å². The Labute approximate surface area is 110 Å². The molecule has 0 spiro atoms. The molecule has 0 bridgehead atoms. The van der Waals surface area contributed by atoms with Crippen molar-refractivity contribution in [3.8, 4) is 0 Å². The molecule has 1 aliphatic carbocycles. The van der Waals surface area contributed by atoms with Gasteiger partial charge in [-0.05, 0) is 50.4 Å². The molecule has 100 valence electrons. The summed E-state index contributed by atoms with van der Waals surface area (Å²) in [4.78, 5) is 2.44. The van der Waals surface area contributed by atoms with Crippen LogP contribution in [0.25, 0.3) is 0 Å². The number of hydrogen-bond acceptors (Lipinski definition) is 3. The predicted molar refractivity (Wildman–Crippen MR) is 75.4 cm³/mol. The molecule has 0 aromatic heterocycles. The van der Waals surface area contributed by atoms with E-state index in [9.17, 15) is 0 Å². The van der Waals surface area contributed by atoms with Gasteiger partial charge in [0.1, 0.15) is 0 Å². The summed E-state index contributed by atoms with van der Waals surface area (Å²) in [6.45, 7) is 0.987. The van der Waals surface area contributed by atoms with Crippen molar-refractivity contribution >= 4 is 5.69 Å². The van der Waals surface area contributed by atoms with Crippen molar-refractivity contribution < 1.29 is 4.74 Å². The van der Waals surface area contributed by atoms with E-state index >= 15 is 0 Å². The highest BCUT2D eigenvalue weighted by Crippen LogP contribution is 2.25. The monoisotopic (exact) mass is 248 g/mol. The summed E-state index contributed by atoms with van der Waals surface area (Å²) in [6.07, 6.45) is 5.36. The lowest BCUT2D eigenvalue weighted by Gasteiger charge is -2.34. The second kappa shape index (κ2) is 6.21. The van der Waals surface area contributed by atoms with Crippen LogP contribution in [0.1, 0.15) is 31.2 Å². The van der Waals surface area contributed by atoms with Crippen molar-refractivity contribution in [1.29, 1.82) is 0 Å². The Morgan fingerprint density at radius 1 is 1.28 bits per heavy atom. The van der Waals surface area contributed by atoms with Gasteiger partial charge in [-0.15, -0.1) is 0 Å². The van der Waals surface area contributed by atoms with Crippen molar-refractivity contribution in [3.63, 3.8) is 0 Å². The zero-order valence-corrected chi connectivity index (χ0v) is 11.4. The van der Waals surface area contributed by atoms with Crippen LogP contribution in [0.2, 0.25) is 0 Å². The van der Waals surface area contributed by atoms with Gasteiger partial charge in [0.05, 0.1) is 6.10 Å². The standard InChI is InChI=1S/C15H24N2O/c1-17(11-12-6-8-13(16)9-7-12)14-4-3-5-15(10-14)18-2/h6-9,14-15H,3-5,10-11,16H2,1-2H3. The van der Waals surface area contributed by atoms with Crippen molar-refractivity contribution in [2.45, 2.75) is 44.4 Å². The second-order valence-electron chi connectivity index (χ2n) is 5.33. The van der Waals surface area contributed by atoms with Crippen LogP contribution in [-0.4, -0.2) is 31.2 Å². The fourth-order valence-corrected chi connectivity index (χ4v) is 2.77. The van der Waals surface area contributed by atoms with Gasteiger partial charge < -0.3 is 10.5 Å². The third-order valence-corrected chi connectivity index (χ3v) is 3.97. The van der Waals surface area contributed by atoms with Crippen LogP contribution in [0.15, 0.2) is 24.3 Å². The highest BCUT2D eigenvalue weighted by atomic mass is 16.5. The molecule has 1 aromatic carbocycles. The minimum absolute atomic E-state index is 0.442. The van der Waals surface area contributed by atoms with Crippen LogP contribution in [0.3, 0.4) is 0 Å². The van der Waals surface area contributed by atoms with Crippen LogP contribution in [0.4, 0.5) is 5.69 Å². The number of methoxy groups -OCH3 is 1. The highest BCUT2D eigenvalue weighted by molar-refractivity contribution is 5.39. The first-order valence-corrected chi connectivity index (χ1v) is 6.76. The number of ether oxygens (including phenoxy) is 1. The van der Waals surface area contributed by atoms with E-state index in [1.807, 2.05) is 19.2 Å². The number of nitrogen functional groups attached to an aromatic ring is 1. The molecule has 1 aliphatic rings. The Bertz CT molecular complexity index is 363. The summed E-state index contributed by atoms with van der Waals surface area (Å²) in [7, 11) is 4.03. The maximum Gasteiger partial charge on any atom is 0.0586 e. The molecule has 2 atom stereocenters. The lowest BCUT2D eigenvalue weighted by molar-refractivity contribution is 0.0328. The highest BCUT2D eigenvalue weighted by Gasteiger charge is 2.24. The average Bonchev–Trinajstić information content (AvgIpc) is 2.41. The fourth-order valence-electron chi connectivity index (χ4n) is 2.77. The second-order valence-corrected chi connectivity index (χ2v) is 5.33. The van der Waals surface area contributed by atoms with E-state index in [4.69, 9.17) is 10.5 Å². The number of hydrogen-bond donors (Lipinski definition) is 1. The Kier molecular flexibility index (Phi) is 4.61. The van der Waals surface area contributed by atoms with Crippen molar-refractivity contribution in [1.82, 2.24) is 4.90 Å². The number of anilines is 1. The average molecular weight is 248 g/mol. The third kappa shape index (κ3) is 3.47. The molecule has 1 saturated carbocycles. The molecular formula is C15H24N2O. The molecule has 18 heavy (non-hydrogen) atoms. The maximum atomic E-state index is 5.71. The van der Waals surface area contributed by atoms with Crippen LogP contribution in [0.5, 0.6) is 0 Å². The molecular weight excluding hydrogens is 224 g/mol. The first-order chi connectivity index (χ1) is 8.69. The van der Waals surface area contributed by atoms with Crippen LogP contribution >= 0.6 is 0 Å². The largest absolute Gasteiger partial charge is 0.399 e. The summed E-state index contributed by atoms with van der Waals surface area (Å²) < 4.78 is 5.49. The summed E-state index contributed by atoms with van der Waals surface area (Å²) in [5.41, 5.74) is 7.86. The van der Waals surface area contributed by atoms with E-state index in [1.54, 1.807) is 0 Å². The Balaban J connectivity index is 1.90. The van der Waals surface area contributed by atoms with Gasteiger partial charge in [-0.25, -0.2) is 0 Å². The van der Waals surface area contributed by atoms with Crippen LogP contribution < -0.4 is 5.73 Å². The zero-order valence-electron chi connectivity index (χ0n) is 11.4. The Morgan fingerprint density at radius 3 is 2.67 bits per heavy atom. The van der Waals surface area contributed by atoms with Crippen LogP contribution in [0, 0.1) is 0 Å². The normalized spacial score (nSPS) is 24.4. The molecule has 0 aliphatic heterocycles. The van der Waals surface area contributed by atoms with E-state index in [0.717, 1.165) is 18.7 Å². The first-order valence-electron chi connectivity index (χ1n) is 6.76. The quantitative estimate of drug-likeness (QED) is 0.833. The Morgan fingerprint density at radius 2 is 2.00 bits per heavy atom. The molecule has 1 fully saturated rings. The van der Waals surface area contributed by atoms with E-state index in [2.05, 4.69) is 24.1 Å². The summed E-state index contributed by atoms with van der Waals surface area (Å²) >= 11 is 0. The molecule has 0 heterocycles. The Hall–Kier alpha value is -1.06. The van der Waals surface area contributed by atoms with Crippen LogP contribution in [-0.2, 0) is 11.3 Å². The summed E-state index contributed by atoms with van der Waals surface area (Å²) in [5, 5.41) is 0. The lowest BCUT2D eigenvalue weighted by Crippen LogP contribution is -2.37. The molecule has 2 rings (SSSR count). The van der Waals surface area contributed by atoms with E-state index in [1.165, 1.54) is 24.8 Å². The molecule has 0 amide bonds. The predicted octanol–water partition coefficient (Wildman–Crippen LogP) is 2.66. The molecule has 0 radical (unpaired) electrons. The van der Waals surface area contributed by atoms with Gasteiger partial charge in [0.15, 0.2) is 0 Å². The van der Waals surface area contributed by atoms with E-state index in [-0.39, 0.29) is 0 Å². The molecule has 3 nitrogen and oxygen atoms in total. The molecule has 0 saturated heterocycles. The van der Waals surface area contributed by atoms with Gasteiger partial charge in [-0.2, -0.15) is 0 Å². The SMILES string of the molecule is COC1CCCC(N(C)Cc2ccc(N)cc2)C1. The van der Waals surface area contributed by atoms with Crippen molar-refractivity contribution in [3.05, 3.63) is 29.8 Å². The molecule has 3 heteroatoms. The van der Waals surface area contributed by atoms with Crippen molar-refractivity contribution in [2.24, 2.45) is 0 Å². The molecule has 2 N–H and O–H groups in total. The first kappa shape index (κ1) is 13.4. The van der Waals surface area contributed by atoms with Gasteiger partial charge in [0.25, 0.3) is 0 Å². The van der Waals surface area contributed by atoms with Gasteiger partial charge in [0, 0.05) is 25.4 Å². The third-order valence-electron chi connectivity index (χ3n) is 3.97. The molecule has 1 aromatic rings. The van der Waals surface area contributed by atoms with Gasteiger partial charge in [0.2, 0.25) is 0 Å². The minimum Gasteiger partial charge on any atom is -0.399 e. The smallest absolute Gasteiger partial charge is 0.0586 e. The topological polar surface area (TPSA) is 38.5 Å². The minimum atomic E-state index is 0.442. The zero-order chi connectivity index (χ0) is 13.0. The van der Waals surface area contributed by atoms with E-state index < -0.39 is 0 Å². The molecule has 2 unspecified atom stereocenters. The lowest BCUT2D eigenvalue weighted by atomic mass is 9.91. The number of rotatable bonds is 4. The van der Waals surface area contributed by atoms with Gasteiger partial charge in [-0.1, -0.05) is 12.1 Å². The number of nitrogens with zero attached hydrogens (tertiary/aromatic N) is 1. The number of nitrogens with two attached hydrogens (primary N) is 1. The van der Waals surface area contributed by atoms with Gasteiger partial charge >= 0.3 is 0 Å². The fraction of sp³-hybridized carbons (Fsp3) is 0.600. The van der Waals surface area contributed by atoms with E-state index in [0.29, 0.717) is 12.1 Å². The summed E-state index contributed by atoms with van der Waals surface area (Å²) in [6, 6.07) is 8.82. The van der Waals surface area contributed by atoms with Crippen molar-refractivity contribution in [2.75, 3.05) is 19.9 Å². The summed E-state index contributed by atoms with van der Waals surface area (Å²) in [5.74, 6) is 0.